The largest absolute Gasteiger partial charge is 0.338 e. The minimum Gasteiger partial charge on any atom is -0.338 e. The van der Waals surface area contributed by atoms with Gasteiger partial charge in [-0.15, -0.1) is 0 Å². The van der Waals surface area contributed by atoms with Crippen molar-refractivity contribution in [3.05, 3.63) is 35.4 Å². The third kappa shape index (κ3) is 3.76. The van der Waals surface area contributed by atoms with Crippen LogP contribution >= 0.6 is 11.8 Å². The summed E-state index contributed by atoms with van der Waals surface area (Å²) in [4.78, 5) is 14.5. The average molecular weight is 292 g/mol. The van der Waals surface area contributed by atoms with Gasteiger partial charge in [0.05, 0.1) is 0 Å². The molecule has 4 heteroatoms. The fourth-order valence-electron chi connectivity index (χ4n) is 2.72. The lowest BCUT2D eigenvalue weighted by molar-refractivity contribution is 0.0661. The highest BCUT2D eigenvalue weighted by atomic mass is 32.2. The molecule has 1 saturated heterocycles. The third-order valence-electron chi connectivity index (χ3n) is 4.00. The van der Waals surface area contributed by atoms with Crippen molar-refractivity contribution in [2.75, 3.05) is 19.3 Å². The predicted molar refractivity (Wildman–Crippen MR) is 85.9 cm³/mol. The number of amides is 1. The number of benzene rings is 1. The van der Waals surface area contributed by atoms with E-state index in [1.165, 1.54) is 5.56 Å². The van der Waals surface area contributed by atoms with Crippen LogP contribution in [0.5, 0.6) is 0 Å². The molecule has 20 heavy (non-hydrogen) atoms. The van der Waals surface area contributed by atoms with Crippen LogP contribution in [-0.4, -0.2) is 36.2 Å². The van der Waals surface area contributed by atoms with E-state index in [9.17, 15) is 4.79 Å². The van der Waals surface area contributed by atoms with Gasteiger partial charge in [0.2, 0.25) is 0 Å². The van der Waals surface area contributed by atoms with Gasteiger partial charge in [0.25, 0.3) is 5.91 Å². The van der Waals surface area contributed by atoms with Gasteiger partial charge in [0.15, 0.2) is 0 Å². The van der Waals surface area contributed by atoms with Crippen molar-refractivity contribution in [3.63, 3.8) is 0 Å². The topological polar surface area (TPSA) is 46.3 Å². The van der Waals surface area contributed by atoms with E-state index < -0.39 is 0 Å². The predicted octanol–water partition coefficient (Wildman–Crippen LogP) is 2.75. The first-order valence-corrected chi connectivity index (χ1v) is 8.64. The van der Waals surface area contributed by atoms with Crippen LogP contribution in [0.1, 0.15) is 35.7 Å². The molecule has 0 aliphatic carbocycles. The van der Waals surface area contributed by atoms with Gasteiger partial charge in [-0.2, -0.15) is 11.8 Å². The van der Waals surface area contributed by atoms with Crippen LogP contribution in [0.3, 0.4) is 0 Å². The zero-order valence-electron chi connectivity index (χ0n) is 12.3. The summed E-state index contributed by atoms with van der Waals surface area (Å²) in [6.07, 6.45) is 4.28. The summed E-state index contributed by atoms with van der Waals surface area (Å²) in [5.74, 6) is 1.57. The number of piperidine rings is 1. The van der Waals surface area contributed by atoms with Crippen molar-refractivity contribution in [2.24, 2.45) is 11.7 Å². The highest BCUT2D eigenvalue weighted by Crippen LogP contribution is 2.21. The molecule has 0 spiro atoms. The summed E-state index contributed by atoms with van der Waals surface area (Å²) in [5, 5.41) is 0. The zero-order chi connectivity index (χ0) is 14.5. The molecule has 1 aromatic carbocycles. The lowest BCUT2D eigenvalue weighted by atomic mass is 9.92. The Bertz CT molecular complexity index is 444. The van der Waals surface area contributed by atoms with E-state index in [1.807, 2.05) is 24.0 Å². The summed E-state index contributed by atoms with van der Waals surface area (Å²) in [6.45, 7) is 3.69. The van der Waals surface area contributed by atoms with Crippen LogP contribution in [0, 0.1) is 5.92 Å². The van der Waals surface area contributed by atoms with Crippen molar-refractivity contribution in [2.45, 2.75) is 31.6 Å². The smallest absolute Gasteiger partial charge is 0.253 e. The van der Waals surface area contributed by atoms with Crippen LogP contribution in [0.2, 0.25) is 0 Å². The molecule has 1 amide bonds. The highest BCUT2D eigenvalue weighted by molar-refractivity contribution is 7.97. The summed E-state index contributed by atoms with van der Waals surface area (Å²) in [6, 6.07) is 8.16. The van der Waals surface area contributed by atoms with Gasteiger partial charge < -0.3 is 10.6 Å². The second-order valence-corrected chi connectivity index (χ2v) is 6.51. The lowest BCUT2D eigenvalue weighted by Crippen LogP contribution is -2.45. The van der Waals surface area contributed by atoms with E-state index in [1.54, 1.807) is 11.8 Å². The van der Waals surface area contributed by atoms with E-state index in [0.717, 1.165) is 37.2 Å². The quantitative estimate of drug-likeness (QED) is 0.928. The monoisotopic (exact) mass is 292 g/mol. The Balaban J connectivity index is 2.02. The Kier molecular flexibility index (Phi) is 5.49. The van der Waals surface area contributed by atoms with Gasteiger partial charge in [-0.1, -0.05) is 12.1 Å². The molecule has 0 aromatic heterocycles. The highest BCUT2D eigenvalue weighted by Gasteiger charge is 2.26. The second-order valence-electron chi connectivity index (χ2n) is 5.64. The Labute approximate surface area is 125 Å². The van der Waals surface area contributed by atoms with Crippen LogP contribution in [-0.2, 0) is 5.75 Å². The van der Waals surface area contributed by atoms with E-state index in [-0.39, 0.29) is 11.9 Å². The fraction of sp³-hybridized carbons (Fsp3) is 0.562. The molecule has 2 N–H and O–H groups in total. The van der Waals surface area contributed by atoms with Gasteiger partial charge in [-0.05, 0) is 49.6 Å². The van der Waals surface area contributed by atoms with Gasteiger partial charge in [0.1, 0.15) is 0 Å². The molecular formula is C16H24N2OS. The Morgan fingerprint density at radius 1 is 1.45 bits per heavy atom. The molecule has 1 fully saturated rings. The number of nitrogens with zero attached hydrogens (tertiary/aromatic N) is 1. The first-order chi connectivity index (χ1) is 9.61. The lowest BCUT2D eigenvalue weighted by Gasteiger charge is -2.34. The van der Waals surface area contributed by atoms with E-state index in [2.05, 4.69) is 18.4 Å². The molecule has 2 atom stereocenters. The molecule has 2 unspecified atom stereocenters. The van der Waals surface area contributed by atoms with Crippen LogP contribution in [0.4, 0.5) is 0 Å². The van der Waals surface area contributed by atoms with Crippen LogP contribution in [0.25, 0.3) is 0 Å². The van der Waals surface area contributed by atoms with Crippen molar-refractivity contribution in [1.29, 1.82) is 0 Å². The Morgan fingerprint density at radius 2 is 2.15 bits per heavy atom. The number of thioether (sulfide) groups is 1. The number of rotatable bonds is 4. The third-order valence-corrected chi connectivity index (χ3v) is 4.62. The SMILES string of the molecule is CSCc1ccc(C(=O)N2CCCC(C(C)N)C2)cc1. The molecular weight excluding hydrogens is 268 g/mol. The molecule has 1 aromatic rings. The van der Waals surface area contributed by atoms with Crippen molar-refractivity contribution in [1.82, 2.24) is 4.90 Å². The molecule has 0 bridgehead atoms. The molecule has 1 aliphatic heterocycles. The normalized spacial score (nSPS) is 20.8. The maximum Gasteiger partial charge on any atom is 0.253 e. The second kappa shape index (κ2) is 7.14. The number of hydrogen-bond acceptors (Lipinski definition) is 3. The van der Waals surface area contributed by atoms with Crippen molar-refractivity contribution >= 4 is 17.7 Å². The summed E-state index contributed by atoms with van der Waals surface area (Å²) < 4.78 is 0. The maximum atomic E-state index is 12.5. The zero-order valence-corrected chi connectivity index (χ0v) is 13.2. The molecule has 1 aliphatic rings. The summed E-state index contributed by atoms with van der Waals surface area (Å²) in [5.41, 5.74) is 8.04. The van der Waals surface area contributed by atoms with Gasteiger partial charge in [0, 0.05) is 30.4 Å². The first-order valence-electron chi connectivity index (χ1n) is 7.24. The molecule has 2 rings (SSSR count). The van der Waals surface area contributed by atoms with E-state index in [0.29, 0.717) is 5.92 Å². The molecule has 3 nitrogen and oxygen atoms in total. The van der Waals surface area contributed by atoms with Gasteiger partial charge >= 0.3 is 0 Å². The van der Waals surface area contributed by atoms with Crippen molar-refractivity contribution < 1.29 is 4.79 Å². The van der Waals surface area contributed by atoms with Crippen LogP contribution in [0.15, 0.2) is 24.3 Å². The molecule has 110 valence electrons. The minimum atomic E-state index is 0.144. The number of hydrogen-bond donors (Lipinski definition) is 1. The molecule has 0 radical (unpaired) electrons. The Hall–Kier alpha value is -1.00. The van der Waals surface area contributed by atoms with Crippen molar-refractivity contribution in [3.8, 4) is 0 Å². The first kappa shape index (κ1) is 15.4. The average Bonchev–Trinajstić information content (AvgIpc) is 2.48. The molecule has 0 saturated carbocycles. The van der Waals surface area contributed by atoms with Gasteiger partial charge in [-0.25, -0.2) is 0 Å². The fourth-order valence-corrected chi connectivity index (χ4v) is 3.24. The number of likely N-dealkylation sites (tertiary alicyclic amines) is 1. The maximum absolute atomic E-state index is 12.5. The minimum absolute atomic E-state index is 0.144. The van der Waals surface area contributed by atoms with Crippen LogP contribution < -0.4 is 5.73 Å². The van der Waals surface area contributed by atoms with Gasteiger partial charge in [-0.3, -0.25) is 4.79 Å². The summed E-state index contributed by atoms with van der Waals surface area (Å²) in [7, 11) is 0. The summed E-state index contributed by atoms with van der Waals surface area (Å²) >= 11 is 1.79. The molecule has 1 heterocycles. The van der Waals surface area contributed by atoms with E-state index in [4.69, 9.17) is 5.73 Å². The number of carbonyl (C=O) groups excluding carboxylic acids is 1. The Morgan fingerprint density at radius 3 is 2.75 bits per heavy atom. The number of carbonyl (C=O) groups is 1. The number of nitrogens with two attached hydrogens (primary N) is 1. The van der Waals surface area contributed by atoms with E-state index >= 15 is 0 Å². The standard InChI is InChI=1S/C16H24N2OS/c1-12(17)15-4-3-9-18(10-15)16(19)14-7-5-13(6-8-14)11-20-2/h5-8,12,15H,3-4,9-11,17H2,1-2H3.